The smallest absolute Gasteiger partial charge is 0.225 e. The van der Waals surface area contributed by atoms with Crippen molar-refractivity contribution in [2.75, 3.05) is 49.2 Å². The number of benzene rings is 1. The number of H-pyrrole nitrogens is 1. The second-order valence-electron chi connectivity index (χ2n) is 11.7. The van der Waals surface area contributed by atoms with Gasteiger partial charge in [-0.2, -0.15) is 15.3 Å². The van der Waals surface area contributed by atoms with Gasteiger partial charge in [-0.3, -0.25) is 10.00 Å². The van der Waals surface area contributed by atoms with Gasteiger partial charge >= 0.3 is 0 Å². The number of anilines is 4. The Kier molecular flexibility index (Phi) is 7.53. The normalized spacial score (nSPS) is 24.1. The number of likely N-dealkylation sites (tertiary alicyclic amines) is 1. The highest BCUT2D eigenvalue weighted by molar-refractivity contribution is 5.93. The predicted molar refractivity (Wildman–Crippen MR) is 155 cm³/mol. The topological polar surface area (TPSA) is 121 Å². The van der Waals surface area contributed by atoms with Crippen molar-refractivity contribution >= 4 is 34.2 Å². The van der Waals surface area contributed by atoms with E-state index in [4.69, 9.17) is 15.2 Å². The lowest BCUT2D eigenvalue weighted by atomic mass is 9.97. The Hall–Kier alpha value is -3.42. The van der Waals surface area contributed by atoms with E-state index in [1.807, 2.05) is 13.0 Å². The second-order valence-corrected chi connectivity index (χ2v) is 11.7. The van der Waals surface area contributed by atoms with E-state index < -0.39 is 0 Å². The highest BCUT2D eigenvalue weighted by Gasteiger charge is 2.40. The first-order valence-electron chi connectivity index (χ1n) is 14.5. The first-order valence-corrected chi connectivity index (χ1v) is 14.5. The number of aromatic nitrogens is 4. The number of piperidine rings is 2. The van der Waals surface area contributed by atoms with Crippen LogP contribution in [0.1, 0.15) is 50.6 Å². The van der Waals surface area contributed by atoms with Gasteiger partial charge in [-0.15, -0.1) is 0 Å². The van der Waals surface area contributed by atoms with Gasteiger partial charge in [0, 0.05) is 60.5 Å². The largest absolute Gasteiger partial charge is 0.385 e. The fourth-order valence-corrected chi connectivity index (χ4v) is 6.65. The molecule has 0 aliphatic carbocycles. The number of nitrogens with zero attached hydrogens (tertiary/aromatic N) is 6. The summed E-state index contributed by atoms with van der Waals surface area (Å²) in [6.45, 7) is 6.21. The fourth-order valence-electron chi connectivity index (χ4n) is 6.65. The molecule has 206 valence electrons. The van der Waals surface area contributed by atoms with Crippen molar-refractivity contribution in [2.24, 2.45) is 5.92 Å². The van der Waals surface area contributed by atoms with Crippen molar-refractivity contribution < 1.29 is 0 Å². The minimum Gasteiger partial charge on any atom is -0.385 e. The molecule has 0 amide bonds. The molecule has 0 radical (unpaired) electrons. The van der Waals surface area contributed by atoms with E-state index in [-0.39, 0.29) is 0 Å². The summed E-state index contributed by atoms with van der Waals surface area (Å²) in [7, 11) is 2.21. The SMILES string of the molecule is Cc1cc(Nc2nc(NC3C[C@H]4CC[C@@H](C3)N4CCC#N)nc3cc(NCC4CCN(C)CC4)ccc23)n[nH]1. The lowest BCUT2D eigenvalue weighted by molar-refractivity contribution is 0.135. The van der Waals surface area contributed by atoms with E-state index in [2.05, 4.69) is 67.3 Å². The standard InChI is InChI=1S/C29H40N10/c1-19-14-27(37-36-19)34-28-25-7-4-21(31-18-20-8-12-38(2)13-9-20)17-26(25)33-29(35-28)32-22-15-23-5-6-24(16-22)39(23)11-3-10-30/h4,7,14,17,20,22-24,31H,3,5-6,8-9,11-13,15-16,18H2,1-2H3,(H3,32,33,34,35,36,37)/t22?,23-,24+. The summed E-state index contributed by atoms with van der Waals surface area (Å²) in [4.78, 5) is 14.9. The van der Waals surface area contributed by atoms with Crippen LogP contribution in [0.2, 0.25) is 0 Å². The van der Waals surface area contributed by atoms with E-state index in [0.29, 0.717) is 36.4 Å². The van der Waals surface area contributed by atoms with Gasteiger partial charge < -0.3 is 20.9 Å². The molecule has 3 saturated heterocycles. The average Bonchev–Trinajstić information content (AvgIpc) is 3.44. The molecule has 0 spiro atoms. The number of rotatable bonds is 9. The zero-order valence-electron chi connectivity index (χ0n) is 23.1. The third-order valence-corrected chi connectivity index (χ3v) is 8.78. The summed E-state index contributed by atoms with van der Waals surface area (Å²) >= 11 is 0. The van der Waals surface area contributed by atoms with Crippen LogP contribution in [-0.2, 0) is 0 Å². The van der Waals surface area contributed by atoms with Crippen molar-refractivity contribution in [3.63, 3.8) is 0 Å². The molecule has 2 bridgehead atoms. The van der Waals surface area contributed by atoms with Gasteiger partial charge in [0.15, 0.2) is 5.82 Å². The Labute approximate surface area is 230 Å². The van der Waals surface area contributed by atoms with Crippen molar-refractivity contribution in [2.45, 2.75) is 70.0 Å². The van der Waals surface area contributed by atoms with Crippen LogP contribution >= 0.6 is 0 Å². The number of nitrogens with one attached hydrogen (secondary N) is 4. The molecule has 3 aliphatic rings. The summed E-state index contributed by atoms with van der Waals surface area (Å²) in [6.07, 6.45) is 7.62. The number of aromatic amines is 1. The zero-order chi connectivity index (χ0) is 26.8. The van der Waals surface area contributed by atoms with Crippen LogP contribution in [-0.4, -0.2) is 81.3 Å². The highest BCUT2D eigenvalue weighted by Crippen LogP contribution is 2.37. The third-order valence-electron chi connectivity index (χ3n) is 8.78. The molecule has 1 aromatic carbocycles. The Morgan fingerprint density at radius 2 is 1.87 bits per heavy atom. The summed E-state index contributed by atoms with van der Waals surface area (Å²) in [6, 6.07) is 12.1. The molecule has 39 heavy (non-hydrogen) atoms. The Bertz CT molecular complexity index is 1310. The second kappa shape index (κ2) is 11.4. The highest BCUT2D eigenvalue weighted by atomic mass is 15.3. The van der Waals surface area contributed by atoms with Crippen molar-refractivity contribution in [3.05, 3.63) is 30.0 Å². The van der Waals surface area contributed by atoms with Crippen LogP contribution in [0.4, 0.5) is 23.3 Å². The summed E-state index contributed by atoms with van der Waals surface area (Å²) in [5.74, 6) is 2.85. The maximum absolute atomic E-state index is 9.06. The number of hydrogen-bond acceptors (Lipinski definition) is 9. The third kappa shape index (κ3) is 5.94. The van der Waals surface area contributed by atoms with E-state index in [9.17, 15) is 0 Å². The zero-order valence-corrected chi connectivity index (χ0v) is 23.1. The molecule has 1 unspecified atom stereocenters. The van der Waals surface area contributed by atoms with E-state index >= 15 is 0 Å². The van der Waals surface area contributed by atoms with E-state index in [1.54, 1.807) is 0 Å². The molecule has 3 fully saturated rings. The van der Waals surface area contributed by atoms with Gasteiger partial charge in [0.1, 0.15) is 5.82 Å². The Morgan fingerprint density at radius 1 is 1.08 bits per heavy atom. The molecule has 4 N–H and O–H groups in total. The average molecular weight is 529 g/mol. The molecule has 6 rings (SSSR count). The number of fused-ring (bicyclic) bond motifs is 3. The summed E-state index contributed by atoms with van der Waals surface area (Å²) in [5, 5.41) is 28.2. The first kappa shape index (κ1) is 25.8. The number of aryl methyl sites for hydroxylation is 1. The summed E-state index contributed by atoms with van der Waals surface area (Å²) < 4.78 is 0. The maximum atomic E-state index is 9.06. The molecule has 0 saturated carbocycles. The molecular weight excluding hydrogens is 488 g/mol. The van der Waals surface area contributed by atoms with Crippen LogP contribution in [0.25, 0.3) is 10.9 Å². The Morgan fingerprint density at radius 3 is 2.59 bits per heavy atom. The lowest BCUT2D eigenvalue weighted by Gasteiger charge is -2.38. The predicted octanol–water partition coefficient (Wildman–Crippen LogP) is 4.48. The van der Waals surface area contributed by atoms with Gasteiger partial charge in [-0.05, 0) is 89.7 Å². The molecule has 5 heterocycles. The minimum absolute atomic E-state index is 0.324. The van der Waals surface area contributed by atoms with Gasteiger partial charge in [-0.25, -0.2) is 4.98 Å². The van der Waals surface area contributed by atoms with Crippen molar-refractivity contribution in [1.29, 1.82) is 5.26 Å². The van der Waals surface area contributed by atoms with Crippen LogP contribution in [0.3, 0.4) is 0 Å². The quantitative estimate of drug-likeness (QED) is 0.318. The van der Waals surface area contributed by atoms with Crippen LogP contribution in [0.15, 0.2) is 24.3 Å². The molecule has 10 heteroatoms. The van der Waals surface area contributed by atoms with Gasteiger partial charge in [-0.1, -0.05) is 0 Å². The Balaban J connectivity index is 1.22. The molecule has 2 aromatic heterocycles. The number of nitriles is 1. The van der Waals surface area contributed by atoms with Crippen LogP contribution in [0.5, 0.6) is 0 Å². The van der Waals surface area contributed by atoms with Crippen molar-refractivity contribution in [1.82, 2.24) is 30.0 Å². The lowest BCUT2D eigenvalue weighted by Crippen LogP contribution is -2.47. The molecule has 3 aromatic rings. The molecular formula is C29H40N10. The van der Waals surface area contributed by atoms with Crippen LogP contribution in [0, 0.1) is 24.2 Å². The van der Waals surface area contributed by atoms with E-state index in [1.165, 1.54) is 38.8 Å². The monoisotopic (exact) mass is 528 g/mol. The minimum atomic E-state index is 0.324. The number of hydrogen-bond donors (Lipinski definition) is 4. The first-order chi connectivity index (χ1) is 19.0. The van der Waals surface area contributed by atoms with E-state index in [0.717, 1.165) is 59.9 Å². The maximum Gasteiger partial charge on any atom is 0.225 e. The molecule has 10 nitrogen and oxygen atoms in total. The van der Waals surface area contributed by atoms with Crippen molar-refractivity contribution in [3.8, 4) is 6.07 Å². The van der Waals surface area contributed by atoms with Gasteiger partial charge in [0.25, 0.3) is 0 Å². The summed E-state index contributed by atoms with van der Waals surface area (Å²) in [5.41, 5.74) is 3.00. The molecule has 3 aliphatic heterocycles. The van der Waals surface area contributed by atoms with Gasteiger partial charge in [0.05, 0.1) is 11.6 Å². The van der Waals surface area contributed by atoms with Gasteiger partial charge in [0.2, 0.25) is 5.95 Å². The van der Waals surface area contributed by atoms with Crippen LogP contribution < -0.4 is 16.0 Å². The molecule has 3 atom stereocenters. The fraction of sp³-hybridized carbons (Fsp3) is 0.586.